The van der Waals surface area contributed by atoms with Crippen LogP contribution in [-0.4, -0.2) is 17.9 Å². The van der Waals surface area contributed by atoms with Crippen molar-refractivity contribution >= 4 is 23.2 Å². The van der Waals surface area contributed by atoms with Crippen molar-refractivity contribution in [3.63, 3.8) is 0 Å². The van der Waals surface area contributed by atoms with Gasteiger partial charge >= 0.3 is 0 Å². The van der Waals surface area contributed by atoms with Crippen LogP contribution in [0.2, 0.25) is 0 Å². The van der Waals surface area contributed by atoms with E-state index in [4.69, 9.17) is 0 Å². The summed E-state index contributed by atoms with van der Waals surface area (Å²) in [5, 5.41) is 7.76. The molecule has 3 aromatic rings. The predicted octanol–water partition coefficient (Wildman–Crippen LogP) is 3.63. The third-order valence-electron chi connectivity index (χ3n) is 4.96. The average molecular weight is 403 g/mol. The number of nitrogens with one attached hydrogen (secondary N) is 2. The van der Waals surface area contributed by atoms with E-state index in [0.717, 1.165) is 11.1 Å². The second-order valence-corrected chi connectivity index (χ2v) is 7.53. The maximum Gasteiger partial charge on any atom is 0.282 e. The number of carbonyl (C=O) groups is 2. The molecule has 3 aromatic carbocycles. The fraction of sp³-hybridized carbons (Fsp3) is 0.200. The standard InChI is InChI=1S/C25H27N3O2/c1-17-9-11-21(12-10-17)24(20-7-5-4-6-8-20)26-18(2)25(30)28-23-15-13-22(14-16-23)27-19(3)29/h4-16,18,24,26H,1-3H3,(H,27,29)(H,28,30)/p+1/t18-,24+/m1/s1. The van der Waals surface area contributed by atoms with E-state index in [-0.39, 0.29) is 23.9 Å². The van der Waals surface area contributed by atoms with Gasteiger partial charge in [-0.05, 0) is 38.1 Å². The lowest BCUT2D eigenvalue weighted by atomic mass is 9.97. The number of quaternary nitrogens is 1. The van der Waals surface area contributed by atoms with Crippen LogP contribution in [0.25, 0.3) is 0 Å². The van der Waals surface area contributed by atoms with Gasteiger partial charge in [-0.2, -0.15) is 0 Å². The van der Waals surface area contributed by atoms with Crippen molar-refractivity contribution in [3.05, 3.63) is 95.6 Å². The molecule has 0 fully saturated rings. The van der Waals surface area contributed by atoms with Gasteiger partial charge in [0.1, 0.15) is 6.04 Å². The van der Waals surface area contributed by atoms with Crippen molar-refractivity contribution in [2.24, 2.45) is 0 Å². The van der Waals surface area contributed by atoms with Crippen molar-refractivity contribution in [1.29, 1.82) is 0 Å². The van der Waals surface area contributed by atoms with Gasteiger partial charge in [0.25, 0.3) is 5.91 Å². The summed E-state index contributed by atoms with van der Waals surface area (Å²) in [5.41, 5.74) is 4.91. The zero-order chi connectivity index (χ0) is 21.5. The van der Waals surface area contributed by atoms with Crippen LogP contribution < -0.4 is 16.0 Å². The molecular formula is C25H28N3O2+. The van der Waals surface area contributed by atoms with Crippen LogP contribution in [0.4, 0.5) is 11.4 Å². The van der Waals surface area contributed by atoms with Gasteiger partial charge < -0.3 is 16.0 Å². The van der Waals surface area contributed by atoms with Crippen LogP contribution >= 0.6 is 0 Å². The van der Waals surface area contributed by atoms with Crippen molar-refractivity contribution in [1.82, 2.24) is 0 Å². The third-order valence-corrected chi connectivity index (χ3v) is 4.96. The lowest BCUT2D eigenvalue weighted by Gasteiger charge is -2.21. The van der Waals surface area contributed by atoms with E-state index in [1.807, 2.05) is 25.1 Å². The van der Waals surface area contributed by atoms with Gasteiger partial charge in [-0.3, -0.25) is 9.59 Å². The zero-order valence-electron chi connectivity index (χ0n) is 17.6. The van der Waals surface area contributed by atoms with Crippen molar-refractivity contribution < 1.29 is 14.9 Å². The van der Waals surface area contributed by atoms with Crippen molar-refractivity contribution in [2.45, 2.75) is 32.9 Å². The zero-order valence-corrected chi connectivity index (χ0v) is 17.6. The Hall–Kier alpha value is -3.44. The highest BCUT2D eigenvalue weighted by atomic mass is 16.2. The first kappa shape index (κ1) is 21.3. The van der Waals surface area contributed by atoms with Crippen molar-refractivity contribution in [2.75, 3.05) is 10.6 Å². The molecule has 0 aliphatic rings. The average Bonchev–Trinajstić information content (AvgIpc) is 2.74. The summed E-state index contributed by atoms with van der Waals surface area (Å²) >= 11 is 0. The first-order valence-electron chi connectivity index (χ1n) is 10.1. The van der Waals surface area contributed by atoms with E-state index < -0.39 is 0 Å². The van der Waals surface area contributed by atoms with Gasteiger partial charge in [0.2, 0.25) is 5.91 Å². The SMILES string of the molecule is CC(=O)Nc1ccc(NC(=O)[C@@H](C)[NH2+][C@@H](c2ccccc2)c2ccc(C)cc2)cc1. The second kappa shape index (κ2) is 9.85. The molecule has 0 heterocycles. The summed E-state index contributed by atoms with van der Waals surface area (Å²) in [6.45, 7) is 5.44. The lowest BCUT2D eigenvalue weighted by Crippen LogP contribution is -2.92. The molecule has 0 aliphatic heterocycles. The number of carbonyl (C=O) groups excluding carboxylic acids is 2. The predicted molar refractivity (Wildman–Crippen MR) is 120 cm³/mol. The summed E-state index contributed by atoms with van der Waals surface area (Å²) in [4.78, 5) is 24.0. The maximum atomic E-state index is 12.8. The molecule has 0 bridgehead atoms. The second-order valence-electron chi connectivity index (χ2n) is 7.53. The number of rotatable bonds is 7. The molecule has 0 aliphatic carbocycles. The number of nitrogens with two attached hydrogens (primary N) is 1. The topological polar surface area (TPSA) is 74.8 Å². The lowest BCUT2D eigenvalue weighted by molar-refractivity contribution is -0.704. The molecule has 0 saturated heterocycles. The van der Waals surface area contributed by atoms with Crippen LogP contribution in [0.1, 0.15) is 36.6 Å². The summed E-state index contributed by atoms with van der Waals surface area (Å²) < 4.78 is 0. The first-order valence-corrected chi connectivity index (χ1v) is 10.1. The summed E-state index contributed by atoms with van der Waals surface area (Å²) in [6, 6.07) is 25.5. The largest absolute Gasteiger partial charge is 0.326 e. The fourth-order valence-corrected chi connectivity index (χ4v) is 3.32. The minimum absolute atomic E-state index is 0.0229. The molecule has 0 aromatic heterocycles. The smallest absolute Gasteiger partial charge is 0.282 e. The number of hydrogen-bond donors (Lipinski definition) is 3. The molecule has 3 rings (SSSR count). The molecule has 154 valence electrons. The van der Waals surface area contributed by atoms with E-state index in [9.17, 15) is 9.59 Å². The number of amides is 2. The molecule has 5 heteroatoms. The number of anilines is 2. The Kier molecular flexibility index (Phi) is 6.99. The highest BCUT2D eigenvalue weighted by molar-refractivity contribution is 5.94. The molecule has 0 radical (unpaired) electrons. The Bertz CT molecular complexity index is 983. The van der Waals surface area contributed by atoms with E-state index >= 15 is 0 Å². The molecular weight excluding hydrogens is 374 g/mol. The van der Waals surface area contributed by atoms with Crippen LogP contribution in [0.3, 0.4) is 0 Å². The Labute approximate surface area is 177 Å². The quantitative estimate of drug-likeness (QED) is 0.564. The van der Waals surface area contributed by atoms with Gasteiger partial charge in [0, 0.05) is 29.4 Å². The van der Waals surface area contributed by atoms with Gasteiger partial charge in [0.05, 0.1) is 0 Å². The normalized spacial score (nSPS) is 12.6. The fourth-order valence-electron chi connectivity index (χ4n) is 3.32. The van der Waals surface area contributed by atoms with Gasteiger partial charge in [-0.25, -0.2) is 0 Å². The summed E-state index contributed by atoms with van der Waals surface area (Å²) in [6.07, 6.45) is 0. The van der Waals surface area contributed by atoms with Crippen molar-refractivity contribution in [3.8, 4) is 0 Å². The summed E-state index contributed by atoms with van der Waals surface area (Å²) in [7, 11) is 0. The highest BCUT2D eigenvalue weighted by Crippen LogP contribution is 2.19. The van der Waals surface area contributed by atoms with Crippen LogP contribution in [0.15, 0.2) is 78.9 Å². The molecule has 2 atom stereocenters. The van der Waals surface area contributed by atoms with Crippen LogP contribution in [0.5, 0.6) is 0 Å². The van der Waals surface area contributed by atoms with Gasteiger partial charge in [-0.15, -0.1) is 0 Å². The summed E-state index contributed by atoms with van der Waals surface area (Å²) in [5.74, 6) is -0.201. The Balaban J connectivity index is 1.71. The molecule has 5 nitrogen and oxygen atoms in total. The first-order chi connectivity index (χ1) is 14.4. The number of aryl methyl sites for hydroxylation is 1. The monoisotopic (exact) mass is 402 g/mol. The van der Waals surface area contributed by atoms with E-state index in [1.54, 1.807) is 24.3 Å². The van der Waals surface area contributed by atoms with E-state index in [0.29, 0.717) is 11.4 Å². The van der Waals surface area contributed by atoms with E-state index in [1.165, 1.54) is 12.5 Å². The molecule has 2 amide bonds. The molecule has 4 N–H and O–H groups in total. The van der Waals surface area contributed by atoms with Crippen LogP contribution in [-0.2, 0) is 9.59 Å². The van der Waals surface area contributed by atoms with Gasteiger partial charge in [-0.1, -0.05) is 60.2 Å². The number of benzene rings is 3. The number of hydrogen-bond acceptors (Lipinski definition) is 2. The molecule has 30 heavy (non-hydrogen) atoms. The maximum absolute atomic E-state index is 12.8. The Morgan fingerprint density at radius 2 is 1.30 bits per heavy atom. The minimum atomic E-state index is -0.300. The van der Waals surface area contributed by atoms with E-state index in [2.05, 4.69) is 59.3 Å². The third kappa shape index (κ3) is 5.78. The minimum Gasteiger partial charge on any atom is -0.326 e. The Morgan fingerprint density at radius 1 is 0.767 bits per heavy atom. The van der Waals surface area contributed by atoms with Crippen LogP contribution in [0, 0.1) is 6.92 Å². The van der Waals surface area contributed by atoms with Gasteiger partial charge in [0.15, 0.2) is 6.04 Å². The Morgan fingerprint density at radius 3 is 1.87 bits per heavy atom. The highest BCUT2D eigenvalue weighted by Gasteiger charge is 2.24. The molecule has 0 saturated carbocycles. The molecule has 0 spiro atoms. The molecule has 0 unspecified atom stereocenters.